The predicted molar refractivity (Wildman–Crippen MR) is 99.6 cm³/mol. The van der Waals surface area contributed by atoms with Crippen LogP contribution in [0.3, 0.4) is 0 Å². The van der Waals surface area contributed by atoms with Gasteiger partial charge in [0.25, 0.3) is 11.8 Å². The average molecular weight is 368 g/mol. The summed E-state index contributed by atoms with van der Waals surface area (Å²) in [5.74, 6) is 0.0881. The highest BCUT2D eigenvalue weighted by molar-refractivity contribution is 5.97. The molecule has 8 nitrogen and oxygen atoms in total. The molecule has 0 saturated carbocycles. The number of H-pyrrole nitrogens is 1. The first kappa shape index (κ1) is 18.2. The second-order valence-corrected chi connectivity index (χ2v) is 5.94. The van der Waals surface area contributed by atoms with Crippen LogP contribution in [0.4, 0.5) is 0 Å². The van der Waals surface area contributed by atoms with E-state index < -0.39 is 6.10 Å². The summed E-state index contributed by atoms with van der Waals surface area (Å²) in [5, 5.41) is 14.7. The van der Waals surface area contributed by atoms with Crippen molar-refractivity contribution in [3.05, 3.63) is 54.4 Å². The van der Waals surface area contributed by atoms with E-state index in [4.69, 9.17) is 4.74 Å². The molecule has 2 amide bonds. The number of carbonyl (C=O) groups is 2. The third kappa shape index (κ3) is 4.75. The zero-order valence-corrected chi connectivity index (χ0v) is 14.7. The first-order chi connectivity index (χ1) is 13.0. The number of nitrogens with one attached hydrogen (secondary N) is 3. The number of imidazole rings is 1. The van der Waals surface area contributed by atoms with Crippen LogP contribution in [0.1, 0.15) is 17.3 Å². The van der Waals surface area contributed by atoms with Gasteiger partial charge in [0.15, 0.2) is 6.10 Å². The number of carbonyl (C=O) groups excluding carboxylic acids is 2. The van der Waals surface area contributed by atoms with E-state index in [0.717, 1.165) is 11.0 Å². The Hall–Kier alpha value is -3.55. The van der Waals surface area contributed by atoms with Crippen molar-refractivity contribution in [2.45, 2.75) is 13.0 Å². The third-order valence-electron chi connectivity index (χ3n) is 3.91. The van der Waals surface area contributed by atoms with Crippen LogP contribution in [-0.2, 0) is 4.79 Å². The Morgan fingerprint density at radius 1 is 1.15 bits per heavy atom. The summed E-state index contributed by atoms with van der Waals surface area (Å²) in [6.45, 7) is 2.19. The highest BCUT2D eigenvalue weighted by atomic mass is 16.5. The van der Waals surface area contributed by atoms with Crippen molar-refractivity contribution in [1.82, 2.24) is 20.6 Å². The Morgan fingerprint density at radius 2 is 1.89 bits per heavy atom. The lowest BCUT2D eigenvalue weighted by Crippen LogP contribution is -2.40. The molecule has 0 aliphatic heterocycles. The molecule has 1 unspecified atom stereocenters. The molecule has 0 radical (unpaired) electrons. The number of benzene rings is 2. The van der Waals surface area contributed by atoms with Crippen molar-refractivity contribution < 1.29 is 19.4 Å². The van der Waals surface area contributed by atoms with Crippen LogP contribution in [0.2, 0.25) is 0 Å². The summed E-state index contributed by atoms with van der Waals surface area (Å²) >= 11 is 0. The minimum Gasteiger partial charge on any atom is -0.508 e. The first-order valence-corrected chi connectivity index (χ1v) is 8.47. The van der Waals surface area contributed by atoms with Gasteiger partial charge in [-0.25, -0.2) is 4.98 Å². The normalized spacial score (nSPS) is 11.7. The highest BCUT2D eigenvalue weighted by Gasteiger charge is 2.14. The lowest BCUT2D eigenvalue weighted by Gasteiger charge is -2.15. The van der Waals surface area contributed by atoms with Gasteiger partial charge in [-0.3, -0.25) is 9.59 Å². The SMILES string of the molecule is CC(Oc1ccc(O)cc1)C(=O)NCCNC(=O)c1ccc2nc[nH]c2c1. The summed E-state index contributed by atoms with van der Waals surface area (Å²) in [7, 11) is 0. The monoisotopic (exact) mass is 368 g/mol. The zero-order valence-electron chi connectivity index (χ0n) is 14.7. The van der Waals surface area contributed by atoms with Crippen LogP contribution in [0.25, 0.3) is 11.0 Å². The van der Waals surface area contributed by atoms with Crippen molar-refractivity contribution in [2.75, 3.05) is 13.1 Å². The van der Waals surface area contributed by atoms with Crippen molar-refractivity contribution in [2.24, 2.45) is 0 Å². The molecule has 8 heteroatoms. The van der Waals surface area contributed by atoms with Crippen LogP contribution in [0, 0.1) is 0 Å². The first-order valence-electron chi connectivity index (χ1n) is 8.47. The van der Waals surface area contributed by atoms with Gasteiger partial charge in [-0.2, -0.15) is 0 Å². The molecular weight excluding hydrogens is 348 g/mol. The van der Waals surface area contributed by atoms with Gasteiger partial charge in [0.05, 0.1) is 17.4 Å². The summed E-state index contributed by atoms with van der Waals surface area (Å²) in [4.78, 5) is 31.3. The zero-order chi connectivity index (χ0) is 19.2. The van der Waals surface area contributed by atoms with E-state index >= 15 is 0 Å². The van der Waals surface area contributed by atoms with Gasteiger partial charge in [-0.15, -0.1) is 0 Å². The standard InChI is InChI=1S/C19H20N4O4/c1-12(27-15-5-3-14(24)4-6-15)18(25)20-8-9-21-19(26)13-2-7-16-17(10-13)23-11-22-16/h2-7,10-12,24H,8-9H2,1H3,(H,20,25)(H,21,26)(H,22,23). The molecule has 1 atom stereocenters. The van der Waals surface area contributed by atoms with Gasteiger partial charge >= 0.3 is 0 Å². The Kier molecular flexibility index (Phi) is 5.55. The maximum Gasteiger partial charge on any atom is 0.260 e. The van der Waals surface area contributed by atoms with E-state index in [1.165, 1.54) is 12.1 Å². The lowest BCUT2D eigenvalue weighted by atomic mass is 10.2. The van der Waals surface area contributed by atoms with Gasteiger partial charge in [0.2, 0.25) is 0 Å². The molecule has 1 heterocycles. The average Bonchev–Trinajstić information content (AvgIpc) is 3.14. The fourth-order valence-electron chi connectivity index (χ4n) is 2.47. The van der Waals surface area contributed by atoms with E-state index in [1.807, 2.05) is 0 Å². The minimum atomic E-state index is -0.701. The van der Waals surface area contributed by atoms with Crippen molar-refractivity contribution in [1.29, 1.82) is 0 Å². The van der Waals surface area contributed by atoms with Gasteiger partial charge in [-0.1, -0.05) is 0 Å². The van der Waals surface area contributed by atoms with Crippen LogP contribution in [0.15, 0.2) is 48.8 Å². The quantitative estimate of drug-likeness (QED) is 0.473. The van der Waals surface area contributed by atoms with E-state index in [2.05, 4.69) is 20.6 Å². The number of hydrogen-bond acceptors (Lipinski definition) is 5. The number of rotatable bonds is 7. The van der Waals surface area contributed by atoms with Crippen molar-refractivity contribution in [3.63, 3.8) is 0 Å². The Balaban J connectivity index is 1.41. The van der Waals surface area contributed by atoms with Gasteiger partial charge < -0.3 is 25.5 Å². The summed E-state index contributed by atoms with van der Waals surface area (Å²) in [6.07, 6.45) is 0.872. The number of amides is 2. The minimum absolute atomic E-state index is 0.127. The molecule has 2 aromatic carbocycles. The predicted octanol–water partition coefficient (Wildman–Crippen LogP) is 1.58. The molecule has 0 aliphatic carbocycles. The maximum atomic E-state index is 12.2. The number of aromatic nitrogens is 2. The third-order valence-corrected chi connectivity index (χ3v) is 3.91. The molecule has 27 heavy (non-hydrogen) atoms. The number of aromatic hydroxyl groups is 1. The Labute approximate surface area is 155 Å². The van der Waals surface area contributed by atoms with Crippen LogP contribution < -0.4 is 15.4 Å². The molecule has 1 aromatic heterocycles. The number of aromatic amines is 1. The molecule has 3 aromatic rings. The number of fused-ring (bicyclic) bond motifs is 1. The molecule has 3 rings (SSSR count). The Bertz CT molecular complexity index is 936. The summed E-state index contributed by atoms with van der Waals surface area (Å²) in [5.41, 5.74) is 2.10. The highest BCUT2D eigenvalue weighted by Crippen LogP contribution is 2.17. The van der Waals surface area contributed by atoms with E-state index in [-0.39, 0.29) is 30.7 Å². The molecule has 4 N–H and O–H groups in total. The van der Waals surface area contributed by atoms with Crippen molar-refractivity contribution >= 4 is 22.8 Å². The molecule has 140 valence electrons. The van der Waals surface area contributed by atoms with Gasteiger partial charge in [0.1, 0.15) is 11.5 Å². The van der Waals surface area contributed by atoms with Gasteiger partial charge in [0, 0.05) is 18.7 Å². The smallest absolute Gasteiger partial charge is 0.260 e. The van der Waals surface area contributed by atoms with Crippen LogP contribution in [-0.4, -0.2) is 46.1 Å². The Morgan fingerprint density at radius 3 is 2.67 bits per heavy atom. The van der Waals surface area contributed by atoms with E-state index in [1.54, 1.807) is 43.6 Å². The number of phenolic OH excluding ortho intramolecular Hbond substituents is 1. The van der Waals surface area contributed by atoms with Gasteiger partial charge in [-0.05, 0) is 49.4 Å². The van der Waals surface area contributed by atoms with E-state index in [0.29, 0.717) is 11.3 Å². The number of phenols is 1. The second-order valence-electron chi connectivity index (χ2n) is 5.94. The number of ether oxygens (including phenoxy) is 1. The largest absolute Gasteiger partial charge is 0.508 e. The molecular formula is C19H20N4O4. The lowest BCUT2D eigenvalue weighted by molar-refractivity contribution is -0.127. The molecule has 0 fully saturated rings. The van der Waals surface area contributed by atoms with Crippen LogP contribution in [0.5, 0.6) is 11.5 Å². The fraction of sp³-hybridized carbons (Fsp3) is 0.211. The molecule has 0 saturated heterocycles. The molecule has 0 bridgehead atoms. The maximum absolute atomic E-state index is 12.2. The van der Waals surface area contributed by atoms with E-state index in [9.17, 15) is 14.7 Å². The van der Waals surface area contributed by atoms with Crippen LogP contribution >= 0.6 is 0 Å². The fourth-order valence-corrected chi connectivity index (χ4v) is 2.47. The number of nitrogens with zero attached hydrogens (tertiary/aromatic N) is 1. The summed E-state index contributed by atoms with van der Waals surface area (Å²) in [6, 6.07) is 11.3. The number of hydrogen-bond donors (Lipinski definition) is 4. The summed E-state index contributed by atoms with van der Waals surface area (Å²) < 4.78 is 5.49. The molecule has 0 aliphatic rings. The van der Waals surface area contributed by atoms with Crippen molar-refractivity contribution in [3.8, 4) is 11.5 Å². The second kappa shape index (κ2) is 8.22. The topological polar surface area (TPSA) is 116 Å². The molecule has 0 spiro atoms.